The molecule has 5 rings (SSSR count). The number of pyridine rings is 1. The summed E-state index contributed by atoms with van der Waals surface area (Å²) >= 11 is 0. The molecule has 1 amide bonds. The van der Waals surface area contributed by atoms with Crippen LogP contribution in [0.4, 0.5) is 0 Å². The zero-order valence-corrected chi connectivity index (χ0v) is 20.1. The Morgan fingerprint density at radius 1 is 1.15 bits per heavy atom. The topological polar surface area (TPSA) is 101 Å². The highest BCUT2D eigenvalue weighted by atomic mass is 16.5. The molecule has 2 aromatic heterocycles. The maximum atomic E-state index is 13.3. The molecule has 1 aromatic carbocycles. The van der Waals surface area contributed by atoms with Crippen LogP contribution in [0.5, 0.6) is 0 Å². The van der Waals surface area contributed by atoms with Gasteiger partial charge in [0.25, 0.3) is 11.5 Å². The third-order valence-corrected chi connectivity index (χ3v) is 7.24. The zero-order valence-electron chi connectivity index (χ0n) is 20.1. The zero-order chi connectivity index (χ0) is 23.9. The number of carbonyl (C=O) groups is 1. The van der Waals surface area contributed by atoms with Gasteiger partial charge in [-0.25, -0.2) is 0 Å². The maximum absolute atomic E-state index is 13.3. The van der Waals surface area contributed by atoms with Crippen molar-refractivity contribution in [2.45, 2.75) is 45.2 Å². The number of aromatic nitrogens is 3. The standard InChI is InChI=1S/C25H33N5O4/c1-16-12-21-19(13-18(16)23(31)26-15-25(2,3)29-6-10-34-11-7-29)22-20(24(32)28-21)14-27-30(22)17-4-8-33-9-5-17/h12-14,17H,4-11,15H2,1-3H3,(H,26,31)(H,28,32). The van der Waals surface area contributed by atoms with Crippen molar-refractivity contribution in [1.82, 2.24) is 25.0 Å². The van der Waals surface area contributed by atoms with Crippen molar-refractivity contribution in [1.29, 1.82) is 0 Å². The average molecular weight is 468 g/mol. The first-order valence-electron chi connectivity index (χ1n) is 12.1. The first-order valence-corrected chi connectivity index (χ1v) is 12.1. The predicted octanol–water partition coefficient (Wildman–Crippen LogP) is 2.38. The van der Waals surface area contributed by atoms with Gasteiger partial charge in [0.2, 0.25) is 0 Å². The van der Waals surface area contributed by atoms with Gasteiger partial charge in [-0.3, -0.25) is 19.2 Å². The number of rotatable bonds is 5. The van der Waals surface area contributed by atoms with Gasteiger partial charge in [0.15, 0.2) is 0 Å². The number of carbonyl (C=O) groups excluding carboxylic acids is 1. The maximum Gasteiger partial charge on any atom is 0.259 e. The first-order chi connectivity index (χ1) is 16.3. The lowest BCUT2D eigenvalue weighted by Gasteiger charge is -2.40. The summed E-state index contributed by atoms with van der Waals surface area (Å²) < 4.78 is 12.9. The molecule has 4 heterocycles. The van der Waals surface area contributed by atoms with Gasteiger partial charge < -0.3 is 19.8 Å². The molecule has 0 atom stereocenters. The van der Waals surface area contributed by atoms with E-state index in [1.165, 1.54) is 0 Å². The SMILES string of the molecule is Cc1cc2[nH]c(=O)c3cnn(C4CCOCC4)c3c2cc1C(=O)NCC(C)(C)N1CCOCC1. The van der Waals surface area contributed by atoms with Crippen LogP contribution in [0.3, 0.4) is 0 Å². The number of fused-ring (bicyclic) bond motifs is 3. The van der Waals surface area contributed by atoms with Crippen LogP contribution in [-0.4, -0.2) is 77.2 Å². The molecule has 9 heteroatoms. The van der Waals surface area contributed by atoms with Crippen LogP contribution in [-0.2, 0) is 9.47 Å². The van der Waals surface area contributed by atoms with E-state index in [1.807, 2.05) is 23.7 Å². The van der Waals surface area contributed by atoms with E-state index >= 15 is 0 Å². The Labute approximate surface area is 198 Å². The van der Waals surface area contributed by atoms with Gasteiger partial charge in [-0.1, -0.05) is 0 Å². The van der Waals surface area contributed by atoms with E-state index in [0.717, 1.165) is 55.6 Å². The lowest BCUT2D eigenvalue weighted by Crippen LogP contribution is -2.55. The summed E-state index contributed by atoms with van der Waals surface area (Å²) in [5.74, 6) is -0.114. The number of benzene rings is 1. The summed E-state index contributed by atoms with van der Waals surface area (Å²) in [5.41, 5.74) is 2.59. The van der Waals surface area contributed by atoms with E-state index in [0.29, 0.717) is 36.2 Å². The second-order valence-electron chi connectivity index (χ2n) is 9.96. The fourth-order valence-electron chi connectivity index (χ4n) is 5.12. The third kappa shape index (κ3) is 4.23. The highest BCUT2D eigenvalue weighted by Gasteiger charge is 2.29. The van der Waals surface area contributed by atoms with E-state index in [-0.39, 0.29) is 23.0 Å². The Morgan fingerprint density at radius 3 is 2.59 bits per heavy atom. The molecule has 34 heavy (non-hydrogen) atoms. The number of hydrogen-bond donors (Lipinski definition) is 2. The van der Waals surface area contributed by atoms with Crippen LogP contribution in [0.25, 0.3) is 21.8 Å². The van der Waals surface area contributed by atoms with Gasteiger partial charge in [0, 0.05) is 49.3 Å². The lowest BCUT2D eigenvalue weighted by atomic mass is 10.00. The Morgan fingerprint density at radius 2 is 1.85 bits per heavy atom. The van der Waals surface area contributed by atoms with Crippen LogP contribution >= 0.6 is 0 Å². The third-order valence-electron chi connectivity index (χ3n) is 7.24. The number of H-pyrrole nitrogens is 1. The van der Waals surface area contributed by atoms with Crippen LogP contribution in [0.1, 0.15) is 48.7 Å². The van der Waals surface area contributed by atoms with Crippen molar-refractivity contribution in [3.05, 3.63) is 39.8 Å². The quantitative estimate of drug-likeness (QED) is 0.598. The van der Waals surface area contributed by atoms with Crippen LogP contribution in [0, 0.1) is 6.92 Å². The molecule has 0 aliphatic carbocycles. The van der Waals surface area contributed by atoms with Gasteiger partial charge in [-0.15, -0.1) is 0 Å². The molecule has 2 aliphatic heterocycles. The predicted molar refractivity (Wildman–Crippen MR) is 130 cm³/mol. The van der Waals surface area contributed by atoms with Crippen molar-refractivity contribution in [2.24, 2.45) is 0 Å². The molecule has 2 aliphatic rings. The number of nitrogens with zero attached hydrogens (tertiary/aromatic N) is 3. The highest BCUT2D eigenvalue weighted by Crippen LogP contribution is 2.30. The number of ether oxygens (including phenoxy) is 2. The van der Waals surface area contributed by atoms with Gasteiger partial charge in [-0.2, -0.15) is 5.10 Å². The van der Waals surface area contributed by atoms with Gasteiger partial charge in [0.1, 0.15) is 0 Å². The van der Waals surface area contributed by atoms with Crippen molar-refractivity contribution in [3.8, 4) is 0 Å². The summed E-state index contributed by atoms with van der Waals surface area (Å²) in [7, 11) is 0. The van der Waals surface area contributed by atoms with E-state index < -0.39 is 0 Å². The Balaban J connectivity index is 1.49. The largest absolute Gasteiger partial charge is 0.381 e. The fraction of sp³-hybridized carbons (Fsp3) is 0.560. The van der Waals surface area contributed by atoms with E-state index in [9.17, 15) is 9.59 Å². The molecule has 3 aromatic rings. The minimum Gasteiger partial charge on any atom is -0.381 e. The van der Waals surface area contributed by atoms with Gasteiger partial charge >= 0.3 is 0 Å². The minimum atomic E-state index is -0.176. The normalized spacial score (nSPS) is 18.6. The van der Waals surface area contributed by atoms with Crippen molar-refractivity contribution < 1.29 is 14.3 Å². The number of morpholine rings is 1. The molecular weight excluding hydrogens is 434 g/mol. The summed E-state index contributed by atoms with van der Waals surface area (Å²) in [6.07, 6.45) is 3.33. The average Bonchev–Trinajstić information content (AvgIpc) is 3.30. The smallest absolute Gasteiger partial charge is 0.259 e. The van der Waals surface area contributed by atoms with E-state index in [4.69, 9.17) is 9.47 Å². The lowest BCUT2D eigenvalue weighted by molar-refractivity contribution is -0.00923. The Bertz CT molecular complexity index is 1270. The Hall–Kier alpha value is -2.75. The number of amides is 1. The summed E-state index contributed by atoms with van der Waals surface area (Å²) in [6, 6.07) is 3.96. The summed E-state index contributed by atoms with van der Waals surface area (Å²) in [5, 5.41) is 9.09. The number of nitrogens with one attached hydrogen (secondary N) is 2. The molecule has 9 nitrogen and oxygen atoms in total. The molecule has 0 saturated carbocycles. The van der Waals surface area contributed by atoms with E-state index in [1.54, 1.807) is 6.20 Å². The van der Waals surface area contributed by atoms with Crippen LogP contribution in [0.15, 0.2) is 23.1 Å². The Kier molecular flexibility index (Phi) is 6.18. The molecule has 0 radical (unpaired) electrons. The summed E-state index contributed by atoms with van der Waals surface area (Å²) in [6.45, 7) is 11.2. The van der Waals surface area contributed by atoms with E-state index in [2.05, 4.69) is 34.1 Å². The highest BCUT2D eigenvalue weighted by molar-refractivity contribution is 6.07. The molecule has 0 unspecified atom stereocenters. The van der Waals surface area contributed by atoms with Crippen LogP contribution in [0.2, 0.25) is 0 Å². The monoisotopic (exact) mass is 467 g/mol. The fourth-order valence-corrected chi connectivity index (χ4v) is 5.12. The second kappa shape index (κ2) is 9.13. The molecule has 0 bridgehead atoms. The van der Waals surface area contributed by atoms with Crippen molar-refractivity contribution in [2.75, 3.05) is 46.1 Å². The van der Waals surface area contributed by atoms with Crippen LogP contribution < -0.4 is 10.9 Å². The summed E-state index contributed by atoms with van der Waals surface area (Å²) in [4.78, 5) is 31.4. The van der Waals surface area contributed by atoms with Crippen molar-refractivity contribution >= 4 is 27.7 Å². The molecule has 0 spiro atoms. The van der Waals surface area contributed by atoms with Gasteiger partial charge in [-0.05, 0) is 51.3 Å². The molecule has 2 saturated heterocycles. The van der Waals surface area contributed by atoms with Gasteiger partial charge in [0.05, 0.1) is 41.9 Å². The first kappa shape index (κ1) is 23.0. The second-order valence-corrected chi connectivity index (χ2v) is 9.96. The number of aromatic amines is 1. The number of aryl methyl sites for hydroxylation is 1. The molecule has 182 valence electrons. The number of hydrogen-bond acceptors (Lipinski definition) is 6. The molecular formula is C25H33N5O4. The van der Waals surface area contributed by atoms with Crippen molar-refractivity contribution in [3.63, 3.8) is 0 Å². The minimum absolute atomic E-state index is 0.114. The molecule has 2 N–H and O–H groups in total. The molecule has 2 fully saturated rings.